The quantitative estimate of drug-likeness (QED) is 0.131. The summed E-state index contributed by atoms with van der Waals surface area (Å²) in [6.45, 7) is 3.85. The molecule has 0 spiro atoms. The number of ether oxygens (including phenoxy) is 1. The number of pyridine rings is 1. The number of aromatic nitrogens is 5. The molecule has 56 heavy (non-hydrogen) atoms. The van der Waals surface area contributed by atoms with Crippen LogP contribution in [0.4, 0.5) is 13.2 Å². The van der Waals surface area contributed by atoms with E-state index in [0.29, 0.717) is 28.4 Å². The highest BCUT2D eigenvalue weighted by atomic mass is 19.4. The van der Waals surface area contributed by atoms with Crippen LogP contribution in [-0.2, 0) is 18.3 Å². The van der Waals surface area contributed by atoms with Crippen LogP contribution in [0.25, 0.3) is 33.6 Å². The summed E-state index contributed by atoms with van der Waals surface area (Å²) < 4.78 is 46.6. The fourth-order valence-electron chi connectivity index (χ4n) is 7.33. The van der Waals surface area contributed by atoms with Crippen molar-refractivity contribution in [1.29, 1.82) is 0 Å². The largest absolute Gasteiger partial charge is 0.488 e. The normalized spacial score (nSPS) is 11.7. The van der Waals surface area contributed by atoms with Gasteiger partial charge in [0.15, 0.2) is 5.54 Å². The molecule has 0 radical (unpaired) electrons. The molecule has 6 aromatic carbocycles. The fourth-order valence-corrected chi connectivity index (χ4v) is 7.33. The first kappa shape index (κ1) is 36.1. The molecule has 8 rings (SSSR count). The Morgan fingerprint density at radius 3 is 1.68 bits per heavy atom. The first-order valence-corrected chi connectivity index (χ1v) is 18.2. The molecule has 276 valence electrons. The minimum absolute atomic E-state index is 0.161. The molecular weight excluding hydrogens is 708 g/mol. The topological polar surface area (TPSA) is 65.7 Å². The molecule has 2 heterocycles. The molecular formula is C47H36F3N5O. The molecule has 0 fully saturated rings. The van der Waals surface area contributed by atoms with Gasteiger partial charge in [-0.05, 0) is 76.2 Å². The van der Waals surface area contributed by atoms with Gasteiger partial charge in [-0.1, -0.05) is 146 Å². The molecule has 0 saturated heterocycles. The Hall–Kier alpha value is -6.87. The Balaban J connectivity index is 1.23. The van der Waals surface area contributed by atoms with Gasteiger partial charge in [-0.2, -0.15) is 13.2 Å². The summed E-state index contributed by atoms with van der Waals surface area (Å²) in [6.07, 6.45) is -4.44. The number of benzene rings is 6. The van der Waals surface area contributed by atoms with E-state index in [9.17, 15) is 13.2 Å². The highest BCUT2D eigenvalue weighted by Gasteiger charge is 2.41. The molecule has 2 aromatic heterocycles. The van der Waals surface area contributed by atoms with Crippen molar-refractivity contribution in [2.24, 2.45) is 0 Å². The lowest BCUT2D eigenvalue weighted by molar-refractivity contribution is -0.137. The number of alkyl halides is 3. The smallest absolute Gasteiger partial charge is 0.416 e. The molecule has 0 aliphatic heterocycles. The zero-order chi connectivity index (χ0) is 38.7. The number of hydrogen-bond donors (Lipinski definition) is 0. The lowest BCUT2D eigenvalue weighted by Gasteiger charge is -2.34. The average molecular weight is 744 g/mol. The van der Waals surface area contributed by atoms with E-state index in [-0.39, 0.29) is 6.61 Å². The van der Waals surface area contributed by atoms with Crippen LogP contribution in [0.5, 0.6) is 5.75 Å². The third-order valence-electron chi connectivity index (χ3n) is 9.89. The zero-order valence-electron chi connectivity index (χ0n) is 30.7. The lowest BCUT2D eigenvalue weighted by Crippen LogP contribution is -2.39. The Bertz CT molecular complexity index is 2480. The van der Waals surface area contributed by atoms with Crippen molar-refractivity contribution < 1.29 is 17.9 Å². The van der Waals surface area contributed by atoms with Gasteiger partial charge in [0.05, 0.1) is 5.56 Å². The summed E-state index contributed by atoms with van der Waals surface area (Å²) in [7, 11) is 0. The van der Waals surface area contributed by atoms with E-state index in [4.69, 9.17) is 20.1 Å². The predicted octanol–water partition coefficient (Wildman–Crippen LogP) is 11.1. The van der Waals surface area contributed by atoms with Crippen molar-refractivity contribution in [2.75, 3.05) is 0 Å². The van der Waals surface area contributed by atoms with Crippen molar-refractivity contribution in [3.8, 4) is 39.4 Å². The van der Waals surface area contributed by atoms with Gasteiger partial charge in [0, 0.05) is 28.6 Å². The Morgan fingerprint density at radius 2 is 1.12 bits per heavy atom. The van der Waals surface area contributed by atoms with Gasteiger partial charge < -0.3 is 4.74 Å². The van der Waals surface area contributed by atoms with Gasteiger partial charge >= 0.3 is 6.18 Å². The van der Waals surface area contributed by atoms with Gasteiger partial charge in [0.2, 0.25) is 5.82 Å². The van der Waals surface area contributed by atoms with Gasteiger partial charge in [0.25, 0.3) is 0 Å². The Kier molecular flexibility index (Phi) is 9.74. The molecule has 0 aliphatic carbocycles. The van der Waals surface area contributed by atoms with Crippen LogP contribution < -0.4 is 4.74 Å². The maximum atomic E-state index is 13.4. The monoisotopic (exact) mass is 743 g/mol. The van der Waals surface area contributed by atoms with E-state index in [1.165, 1.54) is 12.1 Å². The minimum atomic E-state index is -4.44. The summed E-state index contributed by atoms with van der Waals surface area (Å²) in [6, 6.07) is 53.5. The first-order valence-electron chi connectivity index (χ1n) is 18.2. The second-order valence-corrected chi connectivity index (χ2v) is 13.5. The first-order chi connectivity index (χ1) is 27.2. The van der Waals surface area contributed by atoms with E-state index >= 15 is 0 Å². The van der Waals surface area contributed by atoms with Crippen molar-refractivity contribution in [1.82, 2.24) is 25.2 Å². The van der Waals surface area contributed by atoms with E-state index in [1.807, 2.05) is 123 Å². The number of aryl methyl sites for hydroxylation is 2. The molecule has 0 saturated carbocycles. The van der Waals surface area contributed by atoms with E-state index in [1.54, 1.807) is 4.80 Å². The number of halogens is 3. The molecule has 6 nitrogen and oxygen atoms in total. The number of nitrogens with zero attached hydrogens (tertiary/aromatic N) is 5. The third-order valence-corrected chi connectivity index (χ3v) is 9.89. The molecule has 9 heteroatoms. The average Bonchev–Trinajstić information content (AvgIpc) is 3.72. The van der Waals surface area contributed by atoms with Crippen molar-refractivity contribution >= 4 is 0 Å². The van der Waals surface area contributed by atoms with Crippen LogP contribution in [0.2, 0.25) is 0 Å². The Labute approximate surface area is 322 Å². The van der Waals surface area contributed by atoms with Crippen molar-refractivity contribution in [2.45, 2.75) is 32.2 Å². The molecule has 8 aromatic rings. The van der Waals surface area contributed by atoms with Crippen molar-refractivity contribution in [3.63, 3.8) is 0 Å². The summed E-state index contributed by atoms with van der Waals surface area (Å²) in [5, 5.41) is 14.7. The molecule has 0 atom stereocenters. The lowest BCUT2D eigenvalue weighted by atomic mass is 9.77. The van der Waals surface area contributed by atoms with Gasteiger partial charge in [-0.15, -0.1) is 15.0 Å². The third kappa shape index (κ3) is 6.95. The molecule has 0 unspecified atom stereocenters. The number of tetrazole rings is 1. The second kappa shape index (κ2) is 15.1. The van der Waals surface area contributed by atoms with Crippen LogP contribution >= 0.6 is 0 Å². The second-order valence-electron chi connectivity index (χ2n) is 13.5. The van der Waals surface area contributed by atoms with E-state index in [2.05, 4.69) is 41.4 Å². The number of hydrogen-bond acceptors (Lipinski definition) is 5. The Morgan fingerprint density at radius 1 is 0.571 bits per heavy atom. The summed E-state index contributed by atoms with van der Waals surface area (Å²) in [5.41, 5.74) is 7.34. The summed E-state index contributed by atoms with van der Waals surface area (Å²) >= 11 is 0. The van der Waals surface area contributed by atoms with Gasteiger partial charge in [-0.3, -0.25) is 4.98 Å². The predicted molar refractivity (Wildman–Crippen MR) is 212 cm³/mol. The summed E-state index contributed by atoms with van der Waals surface area (Å²) in [4.78, 5) is 6.30. The molecule has 0 amide bonds. The molecule has 0 aliphatic rings. The standard InChI is InChI=1S/C47H36F3N5O/c1-32-29-43(44(33(2)51-32)36-24-26-40(27-25-36)47(48,49)50)56-31-34-23-28-41(35-15-7-3-8-16-35)42(30-34)45-52-54-55(53-45)46(37-17-9-4-10-18-37,38-19-11-5-12-20-38)39-21-13-6-14-22-39/h3-30H,31H2,1-2H3. The fraction of sp³-hybridized carbons (Fsp3) is 0.106. The van der Waals surface area contributed by atoms with Crippen LogP contribution in [0.1, 0.15) is 39.2 Å². The maximum absolute atomic E-state index is 13.4. The highest BCUT2D eigenvalue weighted by Crippen LogP contribution is 2.41. The van der Waals surface area contributed by atoms with Gasteiger partial charge in [-0.25, -0.2) is 0 Å². The SMILES string of the molecule is Cc1cc(OCc2ccc(-c3ccccc3)c(-c3nnn(C(c4ccccc4)(c4ccccc4)c4ccccc4)n3)c2)c(-c2ccc(C(F)(F)F)cc2)c(C)n1. The minimum Gasteiger partial charge on any atom is -0.488 e. The molecule has 0 bridgehead atoms. The maximum Gasteiger partial charge on any atom is 0.416 e. The van der Waals surface area contributed by atoms with E-state index in [0.717, 1.165) is 56.8 Å². The molecule has 0 N–H and O–H groups in total. The van der Waals surface area contributed by atoms with E-state index < -0.39 is 17.3 Å². The van der Waals surface area contributed by atoms with Crippen LogP contribution in [0.15, 0.2) is 170 Å². The number of rotatable bonds is 10. The van der Waals surface area contributed by atoms with Crippen LogP contribution in [0, 0.1) is 13.8 Å². The van der Waals surface area contributed by atoms with Crippen molar-refractivity contribution in [3.05, 3.63) is 209 Å². The van der Waals surface area contributed by atoms with Crippen LogP contribution in [-0.4, -0.2) is 25.2 Å². The highest BCUT2D eigenvalue weighted by molar-refractivity contribution is 5.81. The summed E-state index contributed by atoms with van der Waals surface area (Å²) in [5.74, 6) is 0.949. The zero-order valence-corrected chi connectivity index (χ0v) is 30.7. The van der Waals surface area contributed by atoms with Crippen LogP contribution in [0.3, 0.4) is 0 Å². The van der Waals surface area contributed by atoms with Gasteiger partial charge in [0.1, 0.15) is 12.4 Å².